The first kappa shape index (κ1) is 15.4. The van der Waals surface area contributed by atoms with Gasteiger partial charge >= 0.3 is 6.18 Å². The summed E-state index contributed by atoms with van der Waals surface area (Å²) in [5.41, 5.74) is 6.11. The molecule has 0 aliphatic rings. The molecule has 2 rings (SSSR count). The van der Waals surface area contributed by atoms with Gasteiger partial charge in [-0.2, -0.15) is 13.2 Å². The molecule has 0 saturated carbocycles. The zero-order valence-electron chi connectivity index (χ0n) is 11.1. The van der Waals surface area contributed by atoms with Crippen LogP contribution in [0.1, 0.15) is 25.7 Å². The van der Waals surface area contributed by atoms with E-state index in [1.165, 1.54) is 23.5 Å². The zero-order chi connectivity index (χ0) is 15.6. The van der Waals surface area contributed by atoms with Crippen molar-refractivity contribution < 1.29 is 18.0 Å². The number of rotatable bonds is 3. The van der Waals surface area contributed by atoms with E-state index in [1.54, 1.807) is 6.07 Å². The Morgan fingerprint density at radius 3 is 2.38 bits per heavy atom. The van der Waals surface area contributed by atoms with E-state index in [-0.39, 0.29) is 12.5 Å². The SMILES string of the molecule is Cc1sc(C(=O)NCc2ccc(C(F)(F)F)cc2)cc1N. The number of hydrogen-bond donors (Lipinski definition) is 2. The Kier molecular flexibility index (Phi) is 4.22. The number of aryl methyl sites for hydroxylation is 1. The first-order valence-corrected chi connectivity index (χ1v) is 6.89. The second kappa shape index (κ2) is 5.77. The van der Waals surface area contributed by atoms with Crippen LogP contribution in [0.2, 0.25) is 0 Å². The Bertz CT molecular complexity index is 628. The maximum absolute atomic E-state index is 12.4. The first-order chi connectivity index (χ1) is 9.77. The molecule has 0 aliphatic carbocycles. The maximum atomic E-state index is 12.4. The predicted octanol–water partition coefficient (Wildman–Crippen LogP) is 3.59. The highest BCUT2D eigenvalue weighted by atomic mass is 32.1. The summed E-state index contributed by atoms with van der Waals surface area (Å²) < 4.78 is 37.2. The van der Waals surface area contributed by atoms with Crippen molar-refractivity contribution in [1.29, 1.82) is 0 Å². The van der Waals surface area contributed by atoms with Crippen molar-refractivity contribution in [2.75, 3.05) is 5.73 Å². The van der Waals surface area contributed by atoms with Gasteiger partial charge in [0.1, 0.15) is 0 Å². The molecule has 3 N–H and O–H groups in total. The Morgan fingerprint density at radius 2 is 1.90 bits per heavy atom. The van der Waals surface area contributed by atoms with E-state index in [4.69, 9.17) is 5.73 Å². The average Bonchev–Trinajstić information content (AvgIpc) is 2.75. The summed E-state index contributed by atoms with van der Waals surface area (Å²) in [6, 6.07) is 6.26. The smallest absolute Gasteiger partial charge is 0.398 e. The monoisotopic (exact) mass is 314 g/mol. The number of nitrogen functional groups attached to an aromatic ring is 1. The highest BCUT2D eigenvalue weighted by molar-refractivity contribution is 7.14. The summed E-state index contributed by atoms with van der Waals surface area (Å²) in [6.07, 6.45) is -4.35. The minimum atomic E-state index is -4.35. The normalized spacial score (nSPS) is 11.4. The third kappa shape index (κ3) is 3.75. The topological polar surface area (TPSA) is 55.1 Å². The Morgan fingerprint density at radius 1 is 1.29 bits per heavy atom. The van der Waals surface area contributed by atoms with Crippen LogP contribution >= 0.6 is 11.3 Å². The number of carbonyl (C=O) groups is 1. The van der Waals surface area contributed by atoms with Gasteiger partial charge in [-0.15, -0.1) is 11.3 Å². The van der Waals surface area contributed by atoms with E-state index in [1.807, 2.05) is 6.92 Å². The third-order valence-electron chi connectivity index (χ3n) is 2.91. The van der Waals surface area contributed by atoms with Gasteiger partial charge in [0.2, 0.25) is 0 Å². The van der Waals surface area contributed by atoms with Crippen LogP contribution in [0.3, 0.4) is 0 Å². The molecule has 112 valence electrons. The van der Waals surface area contributed by atoms with Crippen LogP contribution in [0.4, 0.5) is 18.9 Å². The van der Waals surface area contributed by atoms with Gasteiger partial charge in [-0.25, -0.2) is 0 Å². The summed E-state index contributed by atoms with van der Waals surface area (Å²) >= 11 is 1.28. The van der Waals surface area contributed by atoms with Crippen molar-refractivity contribution >= 4 is 22.9 Å². The van der Waals surface area contributed by atoms with Gasteiger partial charge in [-0.05, 0) is 30.7 Å². The number of benzene rings is 1. The lowest BCUT2D eigenvalue weighted by Gasteiger charge is -2.08. The number of halogens is 3. The second-order valence-electron chi connectivity index (χ2n) is 4.50. The van der Waals surface area contributed by atoms with Gasteiger partial charge in [-0.1, -0.05) is 12.1 Å². The van der Waals surface area contributed by atoms with Crippen LogP contribution in [0.5, 0.6) is 0 Å². The number of nitrogens with one attached hydrogen (secondary N) is 1. The lowest BCUT2D eigenvalue weighted by Crippen LogP contribution is -2.21. The second-order valence-corrected chi connectivity index (χ2v) is 5.76. The number of nitrogens with two attached hydrogens (primary N) is 1. The molecule has 0 atom stereocenters. The number of alkyl halides is 3. The van der Waals surface area contributed by atoms with E-state index in [2.05, 4.69) is 5.32 Å². The van der Waals surface area contributed by atoms with Crippen molar-refractivity contribution in [3.63, 3.8) is 0 Å². The number of anilines is 1. The van der Waals surface area contributed by atoms with Crippen LogP contribution in [-0.4, -0.2) is 5.91 Å². The molecular formula is C14H13F3N2OS. The van der Waals surface area contributed by atoms with Crippen molar-refractivity contribution in [2.24, 2.45) is 0 Å². The lowest BCUT2D eigenvalue weighted by molar-refractivity contribution is -0.137. The quantitative estimate of drug-likeness (QED) is 0.909. The van der Waals surface area contributed by atoms with Crippen molar-refractivity contribution in [1.82, 2.24) is 5.32 Å². The Balaban J connectivity index is 1.98. The standard InChI is InChI=1S/C14H13F3N2OS/c1-8-11(18)6-12(21-8)13(20)19-7-9-2-4-10(5-3-9)14(15,16)17/h2-6H,7,18H2,1H3,(H,19,20). The predicted molar refractivity (Wildman–Crippen MR) is 76.1 cm³/mol. The van der Waals surface area contributed by atoms with Gasteiger partial charge in [0.15, 0.2) is 0 Å². The molecule has 0 spiro atoms. The number of amides is 1. The maximum Gasteiger partial charge on any atom is 0.416 e. The Hall–Kier alpha value is -2.02. The molecule has 21 heavy (non-hydrogen) atoms. The van der Waals surface area contributed by atoms with Crippen LogP contribution < -0.4 is 11.1 Å². The molecular weight excluding hydrogens is 301 g/mol. The minimum absolute atomic E-state index is 0.161. The molecule has 0 aliphatic heterocycles. The third-order valence-corrected chi connectivity index (χ3v) is 3.98. The van der Waals surface area contributed by atoms with Crippen molar-refractivity contribution in [2.45, 2.75) is 19.6 Å². The van der Waals surface area contributed by atoms with Gasteiger partial charge < -0.3 is 11.1 Å². The van der Waals surface area contributed by atoms with E-state index in [9.17, 15) is 18.0 Å². The minimum Gasteiger partial charge on any atom is -0.398 e. The summed E-state index contributed by atoms with van der Waals surface area (Å²) in [5.74, 6) is -0.292. The summed E-state index contributed by atoms with van der Waals surface area (Å²) in [4.78, 5) is 13.2. The summed E-state index contributed by atoms with van der Waals surface area (Å²) in [6.45, 7) is 1.97. The molecule has 1 amide bonds. The molecule has 0 bridgehead atoms. The molecule has 2 aromatic rings. The fraction of sp³-hybridized carbons (Fsp3) is 0.214. The molecule has 1 heterocycles. The molecule has 1 aromatic carbocycles. The van der Waals surface area contributed by atoms with E-state index < -0.39 is 11.7 Å². The summed E-state index contributed by atoms with van der Waals surface area (Å²) in [7, 11) is 0. The number of hydrogen-bond acceptors (Lipinski definition) is 3. The van der Waals surface area contributed by atoms with E-state index in [0.29, 0.717) is 16.1 Å². The van der Waals surface area contributed by atoms with Gasteiger partial charge in [0.05, 0.1) is 10.4 Å². The molecule has 0 fully saturated rings. The molecule has 1 aromatic heterocycles. The highest BCUT2D eigenvalue weighted by Gasteiger charge is 2.29. The van der Waals surface area contributed by atoms with E-state index in [0.717, 1.165) is 17.0 Å². The fourth-order valence-electron chi connectivity index (χ4n) is 1.69. The molecule has 0 unspecified atom stereocenters. The average molecular weight is 314 g/mol. The highest BCUT2D eigenvalue weighted by Crippen LogP contribution is 2.29. The van der Waals surface area contributed by atoms with Crippen LogP contribution in [-0.2, 0) is 12.7 Å². The van der Waals surface area contributed by atoms with Crippen LogP contribution in [0.15, 0.2) is 30.3 Å². The molecule has 0 saturated heterocycles. The first-order valence-electron chi connectivity index (χ1n) is 6.07. The van der Waals surface area contributed by atoms with Gasteiger partial charge in [0.25, 0.3) is 5.91 Å². The number of carbonyl (C=O) groups excluding carboxylic acids is 1. The van der Waals surface area contributed by atoms with Crippen LogP contribution in [0.25, 0.3) is 0 Å². The largest absolute Gasteiger partial charge is 0.416 e. The fourth-order valence-corrected chi connectivity index (χ4v) is 2.55. The van der Waals surface area contributed by atoms with E-state index >= 15 is 0 Å². The van der Waals surface area contributed by atoms with Crippen LogP contribution in [0, 0.1) is 6.92 Å². The molecule has 0 radical (unpaired) electrons. The Labute approximate surface area is 123 Å². The van der Waals surface area contributed by atoms with Gasteiger partial charge in [0, 0.05) is 17.1 Å². The number of thiophene rings is 1. The van der Waals surface area contributed by atoms with Crippen molar-refractivity contribution in [3.05, 3.63) is 51.2 Å². The van der Waals surface area contributed by atoms with Crippen molar-refractivity contribution in [3.8, 4) is 0 Å². The lowest BCUT2D eigenvalue weighted by atomic mass is 10.1. The molecule has 3 nitrogen and oxygen atoms in total. The van der Waals surface area contributed by atoms with Gasteiger partial charge in [-0.3, -0.25) is 4.79 Å². The summed E-state index contributed by atoms with van der Waals surface area (Å²) in [5, 5.41) is 2.65. The molecule has 7 heteroatoms. The zero-order valence-corrected chi connectivity index (χ0v) is 11.9.